The minimum absolute atomic E-state index is 0.0289. The molecule has 0 saturated heterocycles. The summed E-state index contributed by atoms with van der Waals surface area (Å²) >= 11 is 1.56. The van der Waals surface area contributed by atoms with Crippen LogP contribution in [0.3, 0.4) is 0 Å². The molecule has 0 atom stereocenters. The summed E-state index contributed by atoms with van der Waals surface area (Å²) in [6.45, 7) is 5.26. The Morgan fingerprint density at radius 3 is 2.71 bits per heavy atom. The fraction of sp³-hybridized carbons (Fsp3) is 0.200. The molecule has 8 heteroatoms. The molecule has 0 aliphatic rings. The molecule has 0 fully saturated rings. The summed E-state index contributed by atoms with van der Waals surface area (Å²) in [5.41, 5.74) is 5.64. The Morgan fingerprint density at radius 2 is 2.07 bits per heavy atom. The van der Waals surface area contributed by atoms with Crippen molar-refractivity contribution in [2.75, 3.05) is 4.72 Å². The molecule has 2 heterocycles. The predicted molar refractivity (Wildman–Crippen MR) is 114 cm³/mol. The second kappa shape index (κ2) is 8.12. The van der Waals surface area contributed by atoms with Gasteiger partial charge in [0.05, 0.1) is 5.51 Å². The molecule has 6 nitrogen and oxygen atoms in total. The van der Waals surface area contributed by atoms with Crippen LogP contribution in [0.15, 0.2) is 59.0 Å². The minimum Gasteiger partial charge on any atom is -0.318 e. The number of anilines is 1. The third-order valence-corrected chi connectivity index (χ3v) is 6.13. The van der Waals surface area contributed by atoms with Crippen LogP contribution in [0.4, 0.5) is 5.69 Å². The second-order valence-corrected chi connectivity index (χ2v) is 8.95. The SMILES string of the molecule is C=CS(=O)(=O)Nc1ccc(Cc2cncs2)c(-c2cc(CC)c(=O)n(C)c2)c1. The molecular weight excluding hydrogens is 394 g/mol. The number of benzene rings is 1. The number of thiazole rings is 1. The first-order valence-electron chi connectivity index (χ1n) is 8.68. The number of hydrogen-bond donors (Lipinski definition) is 1. The normalized spacial score (nSPS) is 11.4. The van der Waals surface area contributed by atoms with Crippen LogP contribution < -0.4 is 10.3 Å². The van der Waals surface area contributed by atoms with E-state index in [4.69, 9.17) is 0 Å². The van der Waals surface area contributed by atoms with Gasteiger partial charge in [-0.15, -0.1) is 11.3 Å². The lowest BCUT2D eigenvalue weighted by Crippen LogP contribution is -2.20. The van der Waals surface area contributed by atoms with E-state index in [-0.39, 0.29) is 5.56 Å². The highest BCUT2D eigenvalue weighted by Gasteiger charge is 2.13. The molecule has 0 amide bonds. The van der Waals surface area contributed by atoms with Crippen LogP contribution in [-0.2, 0) is 29.9 Å². The van der Waals surface area contributed by atoms with Crippen molar-refractivity contribution in [3.63, 3.8) is 0 Å². The number of nitrogens with zero attached hydrogens (tertiary/aromatic N) is 2. The molecule has 146 valence electrons. The average Bonchev–Trinajstić information content (AvgIpc) is 3.18. The lowest BCUT2D eigenvalue weighted by Gasteiger charge is -2.14. The van der Waals surface area contributed by atoms with E-state index in [1.54, 1.807) is 46.8 Å². The standard InChI is InChI=1S/C20H21N3O3S2/c1-4-14-8-16(12-23(3)20(14)24)19-10-17(22-28(25,26)5-2)7-6-15(19)9-18-11-21-13-27-18/h5-8,10-13,22H,2,4,9H2,1,3H3. The fourth-order valence-corrected chi connectivity index (χ4v) is 4.12. The summed E-state index contributed by atoms with van der Waals surface area (Å²) < 4.78 is 27.8. The zero-order chi connectivity index (χ0) is 20.3. The Balaban J connectivity index is 2.15. The van der Waals surface area contributed by atoms with Crippen LogP contribution in [0.1, 0.15) is 22.9 Å². The first-order valence-corrected chi connectivity index (χ1v) is 11.1. The zero-order valence-electron chi connectivity index (χ0n) is 15.7. The number of nitrogens with one attached hydrogen (secondary N) is 1. The van der Waals surface area contributed by atoms with Gasteiger partial charge < -0.3 is 4.57 Å². The van der Waals surface area contributed by atoms with E-state index in [0.29, 0.717) is 24.1 Å². The van der Waals surface area contributed by atoms with Crippen molar-refractivity contribution in [1.82, 2.24) is 9.55 Å². The minimum atomic E-state index is -3.61. The lowest BCUT2D eigenvalue weighted by molar-refractivity contribution is 0.609. The van der Waals surface area contributed by atoms with Gasteiger partial charge in [0, 0.05) is 47.4 Å². The Kier molecular flexibility index (Phi) is 5.81. The van der Waals surface area contributed by atoms with Crippen molar-refractivity contribution in [2.24, 2.45) is 7.05 Å². The van der Waals surface area contributed by atoms with Crippen LogP contribution >= 0.6 is 11.3 Å². The molecule has 3 rings (SSSR count). The zero-order valence-corrected chi connectivity index (χ0v) is 17.3. The molecule has 0 aliphatic carbocycles. The van der Waals surface area contributed by atoms with Crippen LogP contribution in [0.5, 0.6) is 0 Å². The van der Waals surface area contributed by atoms with Crippen LogP contribution in [0.2, 0.25) is 0 Å². The van der Waals surface area contributed by atoms with Crippen molar-refractivity contribution in [3.8, 4) is 11.1 Å². The molecule has 0 unspecified atom stereocenters. The van der Waals surface area contributed by atoms with E-state index in [2.05, 4.69) is 16.3 Å². The first kappa shape index (κ1) is 20.0. The largest absolute Gasteiger partial charge is 0.318 e. The first-order chi connectivity index (χ1) is 13.3. The predicted octanol–water partition coefficient (Wildman–Crippen LogP) is 3.55. The summed E-state index contributed by atoms with van der Waals surface area (Å²) in [6.07, 6.45) is 4.88. The summed E-state index contributed by atoms with van der Waals surface area (Å²) in [5, 5.41) is 0.874. The van der Waals surface area contributed by atoms with Gasteiger partial charge in [-0.05, 0) is 41.3 Å². The fourth-order valence-electron chi connectivity index (χ4n) is 2.97. The summed E-state index contributed by atoms with van der Waals surface area (Å²) in [4.78, 5) is 17.5. The Morgan fingerprint density at radius 1 is 1.29 bits per heavy atom. The van der Waals surface area contributed by atoms with E-state index >= 15 is 0 Å². The summed E-state index contributed by atoms with van der Waals surface area (Å²) in [5.74, 6) is 0. The maximum atomic E-state index is 12.3. The average molecular weight is 416 g/mol. The van der Waals surface area contributed by atoms with Gasteiger partial charge in [0.2, 0.25) is 0 Å². The third kappa shape index (κ3) is 4.40. The molecule has 0 saturated carbocycles. The van der Waals surface area contributed by atoms with Crippen molar-refractivity contribution < 1.29 is 8.42 Å². The maximum Gasteiger partial charge on any atom is 0.254 e. The Labute approximate surface area is 168 Å². The maximum absolute atomic E-state index is 12.3. The molecule has 1 N–H and O–H groups in total. The van der Waals surface area contributed by atoms with Gasteiger partial charge in [-0.2, -0.15) is 0 Å². The Bertz CT molecular complexity index is 1160. The van der Waals surface area contributed by atoms with Gasteiger partial charge in [-0.3, -0.25) is 14.5 Å². The molecule has 3 aromatic rings. The van der Waals surface area contributed by atoms with E-state index in [0.717, 1.165) is 27.0 Å². The highest BCUT2D eigenvalue weighted by molar-refractivity contribution is 7.95. The molecular formula is C20H21N3O3S2. The molecule has 1 aromatic carbocycles. The second-order valence-electron chi connectivity index (χ2n) is 6.35. The number of pyridine rings is 1. The third-order valence-electron chi connectivity index (χ3n) is 4.39. The van der Waals surface area contributed by atoms with E-state index in [9.17, 15) is 13.2 Å². The number of hydrogen-bond acceptors (Lipinski definition) is 5. The van der Waals surface area contributed by atoms with Crippen molar-refractivity contribution >= 4 is 27.0 Å². The van der Waals surface area contributed by atoms with Crippen LogP contribution in [0, 0.1) is 0 Å². The summed E-state index contributed by atoms with van der Waals surface area (Å²) in [7, 11) is -1.89. The van der Waals surface area contributed by atoms with Crippen LogP contribution in [-0.4, -0.2) is 18.0 Å². The van der Waals surface area contributed by atoms with Crippen LogP contribution in [0.25, 0.3) is 11.1 Å². The molecule has 0 radical (unpaired) electrons. The van der Waals surface area contributed by atoms with Gasteiger partial charge in [-0.1, -0.05) is 19.6 Å². The molecule has 2 aromatic heterocycles. The Hall–Kier alpha value is -2.71. The highest BCUT2D eigenvalue weighted by Crippen LogP contribution is 2.30. The van der Waals surface area contributed by atoms with Crippen molar-refractivity contribution in [1.29, 1.82) is 0 Å². The van der Waals surface area contributed by atoms with Gasteiger partial charge >= 0.3 is 0 Å². The number of aromatic nitrogens is 2. The van der Waals surface area contributed by atoms with Gasteiger partial charge in [0.25, 0.3) is 15.6 Å². The van der Waals surface area contributed by atoms with Crippen molar-refractivity contribution in [2.45, 2.75) is 19.8 Å². The van der Waals surface area contributed by atoms with Gasteiger partial charge in [-0.25, -0.2) is 8.42 Å². The molecule has 0 spiro atoms. The van der Waals surface area contributed by atoms with E-state index in [1.807, 2.05) is 25.3 Å². The van der Waals surface area contributed by atoms with Gasteiger partial charge in [0.1, 0.15) is 0 Å². The molecule has 0 aliphatic heterocycles. The number of aryl methyl sites for hydroxylation is 2. The topological polar surface area (TPSA) is 81.1 Å². The summed E-state index contributed by atoms with van der Waals surface area (Å²) in [6, 6.07) is 7.28. The van der Waals surface area contributed by atoms with E-state index in [1.165, 1.54) is 0 Å². The quantitative estimate of drug-likeness (QED) is 0.640. The van der Waals surface area contributed by atoms with Crippen molar-refractivity contribution in [3.05, 3.63) is 80.5 Å². The molecule has 0 bridgehead atoms. The van der Waals surface area contributed by atoms with E-state index < -0.39 is 10.0 Å². The monoisotopic (exact) mass is 415 g/mol. The lowest BCUT2D eigenvalue weighted by atomic mass is 9.96. The molecule has 28 heavy (non-hydrogen) atoms. The number of rotatable bonds is 7. The highest BCUT2D eigenvalue weighted by atomic mass is 32.2. The smallest absolute Gasteiger partial charge is 0.254 e. The van der Waals surface area contributed by atoms with Gasteiger partial charge in [0.15, 0.2) is 0 Å². The number of sulfonamides is 1.